The van der Waals surface area contributed by atoms with Gasteiger partial charge in [-0.3, -0.25) is 0 Å². The van der Waals surface area contributed by atoms with Gasteiger partial charge in [-0.15, -0.1) is 0 Å². The third-order valence-electron chi connectivity index (χ3n) is 4.71. The van der Waals surface area contributed by atoms with Gasteiger partial charge >= 0.3 is 0 Å². The van der Waals surface area contributed by atoms with Crippen LogP contribution in [0.25, 0.3) is 0 Å². The summed E-state index contributed by atoms with van der Waals surface area (Å²) in [6.45, 7) is 3.67. The maximum Gasteiger partial charge on any atom is 0.129 e. The number of ether oxygens (including phenoxy) is 1. The fourth-order valence-electron chi connectivity index (χ4n) is 3.41. The minimum absolute atomic E-state index is 0.203. The van der Waals surface area contributed by atoms with Crippen molar-refractivity contribution in [3.8, 4) is 0 Å². The van der Waals surface area contributed by atoms with Gasteiger partial charge in [-0.1, -0.05) is 12.8 Å². The molecule has 0 bridgehead atoms. The van der Waals surface area contributed by atoms with Crippen LogP contribution in [-0.4, -0.2) is 19.7 Å². The van der Waals surface area contributed by atoms with Crippen LogP contribution in [-0.2, 0) is 4.74 Å². The van der Waals surface area contributed by atoms with Crippen molar-refractivity contribution < 1.29 is 13.5 Å². The molecule has 0 aromatic heterocycles. The Morgan fingerprint density at radius 1 is 1.20 bits per heavy atom. The van der Waals surface area contributed by atoms with Gasteiger partial charge < -0.3 is 10.1 Å². The van der Waals surface area contributed by atoms with Crippen molar-refractivity contribution in [3.05, 3.63) is 34.9 Å². The van der Waals surface area contributed by atoms with E-state index in [9.17, 15) is 8.78 Å². The van der Waals surface area contributed by atoms with E-state index in [1.54, 1.807) is 6.92 Å². The summed E-state index contributed by atoms with van der Waals surface area (Å²) in [5.74, 6) is -0.747. The highest BCUT2D eigenvalue weighted by molar-refractivity contribution is 5.27. The molecule has 1 heterocycles. The molecule has 2 aliphatic rings. The second-order valence-corrected chi connectivity index (χ2v) is 6.26. The molecule has 2 fully saturated rings. The highest BCUT2D eigenvalue weighted by Crippen LogP contribution is 2.40. The molecule has 20 heavy (non-hydrogen) atoms. The normalized spacial score (nSPS) is 25.9. The molecule has 1 atom stereocenters. The van der Waals surface area contributed by atoms with Gasteiger partial charge in [0.2, 0.25) is 0 Å². The Bertz CT molecular complexity index is 497. The zero-order chi connectivity index (χ0) is 14.2. The van der Waals surface area contributed by atoms with E-state index in [1.165, 1.54) is 25.0 Å². The van der Waals surface area contributed by atoms with E-state index in [2.05, 4.69) is 5.32 Å². The average molecular weight is 281 g/mol. The predicted molar refractivity (Wildman–Crippen MR) is 73.6 cm³/mol. The van der Waals surface area contributed by atoms with Gasteiger partial charge in [0, 0.05) is 24.1 Å². The predicted octanol–water partition coefficient (Wildman–Crippen LogP) is 3.49. The summed E-state index contributed by atoms with van der Waals surface area (Å²) in [7, 11) is 0. The molecule has 1 spiro atoms. The van der Waals surface area contributed by atoms with Crippen LogP contribution < -0.4 is 5.32 Å². The monoisotopic (exact) mass is 281 g/mol. The molecule has 110 valence electrons. The first-order chi connectivity index (χ1) is 9.60. The Balaban J connectivity index is 1.79. The second-order valence-electron chi connectivity index (χ2n) is 6.26. The molecule has 1 aromatic carbocycles. The molecular weight excluding hydrogens is 260 g/mol. The fraction of sp³-hybridized carbons (Fsp3) is 0.625. The largest absolute Gasteiger partial charge is 0.371 e. The SMILES string of the molecule is Cc1cc(F)c(C2CNCC3(CCCC3)CO2)cc1F. The first-order valence-electron chi connectivity index (χ1n) is 7.38. The number of nitrogens with one attached hydrogen (secondary N) is 1. The molecule has 1 N–H and O–H groups in total. The smallest absolute Gasteiger partial charge is 0.129 e. The van der Waals surface area contributed by atoms with E-state index in [4.69, 9.17) is 4.74 Å². The lowest BCUT2D eigenvalue weighted by atomic mass is 9.87. The first-order valence-corrected chi connectivity index (χ1v) is 7.38. The van der Waals surface area contributed by atoms with Gasteiger partial charge in [-0.05, 0) is 37.5 Å². The third kappa shape index (κ3) is 2.59. The van der Waals surface area contributed by atoms with E-state index in [1.807, 2.05) is 0 Å². The van der Waals surface area contributed by atoms with E-state index in [0.717, 1.165) is 19.4 Å². The zero-order valence-corrected chi connectivity index (χ0v) is 11.8. The molecule has 0 radical (unpaired) electrons. The molecule has 1 aliphatic heterocycles. The van der Waals surface area contributed by atoms with Crippen LogP contribution in [0.15, 0.2) is 12.1 Å². The summed E-state index contributed by atoms with van der Waals surface area (Å²) in [6.07, 6.45) is 4.41. The van der Waals surface area contributed by atoms with Crippen molar-refractivity contribution >= 4 is 0 Å². The molecule has 1 unspecified atom stereocenters. The van der Waals surface area contributed by atoms with Gasteiger partial charge in [0.05, 0.1) is 12.7 Å². The van der Waals surface area contributed by atoms with E-state index in [-0.39, 0.29) is 17.0 Å². The Kier molecular flexibility index (Phi) is 3.78. The Labute approximate surface area is 118 Å². The third-order valence-corrected chi connectivity index (χ3v) is 4.71. The van der Waals surface area contributed by atoms with Crippen LogP contribution >= 0.6 is 0 Å². The second kappa shape index (κ2) is 5.41. The van der Waals surface area contributed by atoms with E-state index >= 15 is 0 Å². The molecule has 1 aliphatic carbocycles. The topological polar surface area (TPSA) is 21.3 Å². The van der Waals surface area contributed by atoms with Crippen LogP contribution in [0.3, 0.4) is 0 Å². The zero-order valence-electron chi connectivity index (χ0n) is 11.8. The number of aryl methyl sites for hydroxylation is 1. The number of hydrogen-bond donors (Lipinski definition) is 1. The average Bonchev–Trinajstić information content (AvgIpc) is 2.77. The summed E-state index contributed by atoms with van der Waals surface area (Å²) in [5.41, 5.74) is 0.866. The Morgan fingerprint density at radius 3 is 2.70 bits per heavy atom. The van der Waals surface area contributed by atoms with Gasteiger partial charge in [-0.25, -0.2) is 8.78 Å². The summed E-state index contributed by atoms with van der Waals surface area (Å²) >= 11 is 0. The lowest BCUT2D eigenvalue weighted by Gasteiger charge is -2.26. The molecule has 2 nitrogen and oxygen atoms in total. The maximum absolute atomic E-state index is 14.0. The van der Waals surface area contributed by atoms with Crippen LogP contribution in [0.4, 0.5) is 8.78 Å². The van der Waals surface area contributed by atoms with Crippen molar-refractivity contribution in [2.75, 3.05) is 19.7 Å². The lowest BCUT2D eigenvalue weighted by Crippen LogP contribution is -2.32. The molecule has 1 aromatic rings. The van der Waals surface area contributed by atoms with Crippen molar-refractivity contribution in [3.63, 3.8) is 0 Å². The molecular formula is C16H21F2NO. The molecule has 0 amide bonds. The van der Waals surface area contributed by atoms with Gasteiger partial charge in [-0.2, -0.15) is 0 Å². The lowest BCUT2D eigenvalue weighted by molar-refractivity contribution is 0.0140. The standard InChI is InChI=1S/C16H21F2NO/c1-11-6-14(18)12(7-13(11)17)15-8-19-9-16(10-20-15)4-2-3-5-16/h6-7,15,19H,2-5,8-10H2,1H3. The number of halogens is 2. The number of hydrogen-bond acceptors (Lipinski definition) is 2. The van der Waals surface area contributed by atoms with Crippen LogP contribution in [0, 0.1) is 24.0 Å². The minimum Gasteiger partial charge on any atom is -0.371 e. The van der Waals surface area contributed by atoms with Crippen LogP contribution in [0.5, 0.6) is 0 Å². The quantitative estimate of drug-likeness (QED) is 0.850. The van der Waals surface area contributed by atoms with Crippen molar-refractivity contribution in [2.45, 2.75) is 38.7 Å². The minimum atomic E-state index is -0.398. The summed E-state index contributed by atoms with van der Waals surface area (Å²) in [6, 6.07) is 2.54. The van der Waals surface area contributed by atoms with E-state index in [0.29, 0.717) is 24.3 Å². The first kappa shape index (κ1) is 14.0. The Hall–Kier alpha value is -1.00. The molecule has 1 saturated carbocycles. The number of benzene rings is 1. The molecule has 1 saturated heterocycles. The summed E-state index contributed by atoms with van der Waals surface area (Å²) in [5, 5.41) is 3.38. The fourth-order valence-corrected chi connectivity index (χ4v) is 3.41. The van der Waals surface area contributed by atoms with E-state index < -0.39 is 6.10 Å². The maximum atomic E-state index is 14.0. The highest BCUT2D eigenvalue weighted by Gasteiger charge is 2.37. The summed E-state index contributed by atoms with van der Waals surface area (Å²) in [4.78, 5) is 0. The van der Waals surface area contributed by atoms with Crippen LogP contribution in [0.2, 0.25) is 0 Å². The van der Waals surface area contributed by atoms with Gasteiger partial charge in [0.15, 0.2) is 0 Å². The van der Waals surface area contributed by atoms with Crippen molar-refractivity contribution in [2.24, 2.45) is 5.41 Å². The van der Waals surface area contributed by atoms with Crippen molar-refractivity contribution in [1.82, 2.24) is 5.32 Å². The molecule has 4 heteroatoms. The highest BCUT2D eigenvalue weighted by atomic mass is 19.1. The number of rotatable bonds is 1. The molecule has 3 rings (SSSR count). The summed E-state index contributed by atoms with van der Waals surface area (Å²) < 4.78 is 33.6. The van der Waals surface area contributed by atoms with Crippen LogP contribution in [0.1, 0.15) is 42.9 Å². The van der Waals surface area contributed by atoms with Crippen molar-refractivity contribution in [1.29, 1.82) is 0 Å². The van der Waals surface area contributed by atoms with Gasteiger partial charge in [0.25, 0.3) is 0 Å². The van der Waals surface area contributed by atoms with Gasteiger partial charge in [0.1, 0.15) is 11.6 Å². The Morgan fingerprint density at radius 2 is 1.95 bits per heavy atom.